The van der Waals surface area contributed by atoms with Gasteiger partial charge in [0.2, 0.25) is 0 Å². The molecule has 3 heterocycles. The number of pyridine rings is 1. The van der Waals surface area contributed by atoms with Crippen molar-refractivity contribution in [2.75, 3.05) is 7.11 Å². The van der Waals surface area contributed by atoms with Crippen LogP contribution in [0.1, 0.15) is 0 Å². The van der Waals surface area contributed by atoms with Gasteiger partial charge < -0.3 is 4.74 Å². The van der Waals surface area contributed by atoms with Crippen LogP contribution in [0.5, 0.6) is 5.75 Å². The standard InChI is InChI=1S/C19H16N4O2/c1-22-17(24)10-9-15(20-22)18-16-8-3-4-11-23(16)21-19(18)13-6-5-7-14(12-13)25-2/h3-12H,1-2H3. The fourth-order valence-corrected chi connectivity index (χ4v) is 2.86. The molecule has 6 heteroatoms. The molecule has 0 saturated heterocycles. The molecule has 0 aliphatic rings. The first-order chi connectivity index (χ1) is 12.2. The van der Waals surface area contributed by atoms with Crippen LogP contribution >= 0.6 is 0 Å². The van der Waals surface area contributed by atoms with Gasteiger partial charge in [-0.15, -0.1) is 0 Å². The second-order valence-electron chi connectivity index (χ2n) is 5.67. The summed E-state index contributed by atoms with van der Waals surface area (Å²) in [7, 11) is 3.28. The highest BCUT2D eigenvalue weighted by molar-refractivity contribution is 5.90. The number of ether oxygens (including phenoxy) is 1. The minimum absolute atomic E-state index is 0.150. The molecule has 0 amide bonds. The molecule has 0 spiro atoms. The molecule has 124 valence electrons. The lowest BCUT2D eigenvalue weighted by atomic mass is 10.0. The van der Waals surface area contributed by atoms with E-state index in [0.717, 1.165) is 28.1 Å². The quantitative estimate of drug-likeness (QED) is 0.579. The van der Waals surface area contributed by atoms with Gasteiger partial charge in [-0.1, -0.05) is 18.2 Å². The number of nitrogens with zero attached hydrogens (tertiary/aromatic N) is 4. The maximum Gasteiger partial charge on any atom is 0.266 e. The summed E-state index contributed by atoms with van der Waals surface area (Å²) >= 11 is 0. The zero-order valence-electron chi connectivity index (χ0n) is 13.9. The SMILES string of the molecule is COc1cccc(-c2nn3ccccc3c2-c2ccc(=O)n(C)n2)c1. The van der Waals surface area contributed by atoms with E-state index in [-0.39, 0.29) is 5.56 Å². The normalized spacial score (nSPS) is 11.0. The van der Waals surface area contributed by atoms with Gasteiger partial charge in [-0.3, -0.25) is 4.79 Å². The van der Waals surface area contributed by atoms with Crippen LogP contribution in [0.3, 0.4) is 0 Å². The molecule has 0 radical (unpaired) electrons. The van der Waals surface area contributed by atoms with Gasteiger partial charge in [0.25, 0.3) is 5.56 Å². The zero-order valence-corrected chi connectivity index (χ0v) is 13.9. The lowest BCUT2D eigenvalue weighted by molar-refractivity contribution is 0.415. The summed E-state index contributed by atoms with van der Waals surface area (Å²) in [6, 6.07) is 16.9. The van der Waals surface area contributed by atoms with Crippen molar-refractivity contribution in [1.29, 1.82) is 0 Å². The van der Waals surface area contributed by atoms with Gasteiger partial charge in [-0.05, 0) is 30.3 Å². The largest absolute Gasteiger partial charge is 0.497 e. The number of fused-ring (bicyclic) bond motifs is 1. The van der Waals surface area contributed by atoms with Crippen LogP contribution in [0.25, 0.3) is 28.0 Å². The van der Waals surface area contributed by atoms with E-state index in [1.54, 1.807) is 20.2 Å². The Kier molecular flexibility index (Phi) is 3.57. The highest BCUT2D eigenvalue weighted by Crippen LogP contribution is 2.34. The fourth-order valence-electron chi connectivity index (χ4n) is 2.86. The Morgan fingerprint density at radius 3 is 2.68 bits per heavy atom. The first-order valence-electron chi connectivity index (χ1n) is 7.84. The molecule has 6 nitrogen and oxygen atoms in total. The Hall–Kier alpha value is -3.41. The minimum atomic E-state index is -0.150. The van der Waals surface area contributed by atoms with Crippen LogP contribution < -0.4 is 10.3 Å². The van der Waals surface area contributed by atoms with E-state index in [0.29, 0.717) is 5.69 Å². The average molecular weight is 332 g/mol. The lowest BCUT2D eigenvalue weighted by Crippen LogP contribution is -2.18. The van der Waals surface area contributed by atoms with E-state index in [1.807, 2.05) is 53.2 Å². The maximum absolute atomic E-state index is 11.7. The zero-order chi connectivity index (χ0) is 17.4. The van der Waals surface area contributed by atoms with Crippen LogP contribution in [0.4, 0.5) is 0 Å². The molecule has 1 aromatic carbocycles. The molecule has 0 N–H and O–H groups in total. The predicted octanol–water partition coefficient (Wildman–Crippen LogP) is 2.77. The first kappa shape index (κ1) is 15.1. The summed E-state index contributed by atoms with van der Waals surface area (Å²) in [4.78, 5) is 11.7. The number of benzene rings is 1. The smallest absolute Gasteiger partial charge is 0.266 e. The molecule has 0 atom stereocenters. The second kappa shape index (κ2) is 5.90. The summed E-state index contributed by atoms with van der Waals surface area (Å²) < 4.78 is 8.48. The van der Waals surface area contributed by atoms with Crippen molar-refractivity contribution in [3.05, 3.63) is 71.1 Å². The first-order valence-corrected chi connectivity index (χ1v) is 7.84. The van der Waals surface area contributed by atoms with E-state index >= 15 is 0 Å². The Labute approximate surface area is 143 Å². The Bertz CT molecular complexity index is 1130. The number of aryl methyl sites for hydroxylation is 1. The van der Waals surface area contributed by atoms with Crippen LogP contribution in [-0.2, 0) is 7.05 Å². The average Bonchev–Trinajstić information content (AvgIpc) is 3.03. The molecule has 25 heavy (non-hydrogen) atoms. The molecule has 3 aromatic heterocycles. The highest BCUT2D eigenvalue weighted by atomic mass is 16.5. The van der Waals surface area contributed by atoms with Gasteiger partial charge in [-0.25, -0.2) is 9.20 Å². The van der Waals surface area contributed by atoms with E-state index in [2.05, 4.69) is 5.10 Å². The van der Waals surface area contributed by atoms with Crippen LogP contribution in [0.2, 0.25) is 0 Å². The van der Waals surface area contributed by atoms with Crippen LogP contribution in [-0.4, -0.2) is 26.5 Å². The Morgan fingerprint density at radius 1 is 1.00 bits per heavy atom. The van der Waals surface area contributed by atoms with Gasteiger partial charge in [-0.2, -0.15) is 10.2 Å². The van der Waals surface area contributed by atoms with Crippen molar-refractivity contribution in [3.63, 3.8) is 0 Å². The maximum atomic E-state index is 11.7. The third-order valence-electron chi connectivity index (χ3n) is 4.10. The summed E-state index contributed by atoms with van der Waals surface area (Å²) in [6.45, 7) is 0. The van der Waals surface area contributed by atoms with Gasteiger partial charge >= 0.3 is 0 Å². The molecule has 0 fully saturated rings. The van der Waals surface area contributed by atoms with Crippen molar-refractivity contribution in [3.8, 4) is 28.3 Å². The molecule has 0 aliphatic heterocycles. The van der Waals surface area contributed by atoms with Crippen molar-refractivity contribution < 1.29 is 4.74 Å². The number of aromatic nitrogens is 4. The molecular weight excluding hydrogens is 316 g/mol. The summed E-state index contributed by atoms with van der Waals surface area (Å²) in [5.41, 5.74) is 4.06. The van der Waals surface area contributed by atoms with Gasteiger partial charge in [0.05, 0.1) is 23.9 Å². The Morgan fingerprint density at radius 2 is 1.88 bits per heavy atom. The van der Waals surface area contributed by atoms with Gasteiger partial charge in [0.1, 0.15) is 11.4 Å². The van der Waals surface area contributed by atoms with Crippen LogP contribution in [0, 0.1) is 0 Å². The third kappa shape index (κ3) is 2.57. The number of hydrogen-bond acceptors (Lipinski definition) is 4. The summed E-state index contributed by atoms with van der Waals surface area (Å²) in [5, 5.41) is 9.13. The summed E-state index contributed by atoms with van der Waals surface area (Å²) in [5.74, 6) is 0.758. The second-order valence-corrected chi connectivity index (χ2v) is 5.67. The molecular formula is C19H16N4O2. The van der Waals surface area contributed by atoms with Crippen molar-refractivity contribution in [1.82, 2.24) is 19.4 Å². The topological polar surface area (TPSA) is 61.4 Å². The van der Waals surface area contributed by atoms with Gasteiger partial charge in [0.15, 0.2) is 0 Å². The van der Waals surface area contributed by atoms with Crippen molar-refractivity contribution in [2.45, 2.75) is 0 Å². The molecule has 0 unspecified atom stereocenters. The number of rotatable bonds is 3. The molecule has 4 aromatic rings. The number of hydrogen-bond donors (Lipinski definition) is 0. The van der Waals surface area contributed by atoms with Crippen molar-refractivity contribution >= 4 is 5.52 Å². The highest BCUT2D eigenvalue weighted by Gasteiger charge is 2.18. The van der Waals surface area contributed by atoms with Crippen LogP contribution in [0.15, 0.2) is 65.6 Å². The molecule has 4 rings (SSSR count). The van der Waals surface area contributed by atoms with E-state index in [1.165, 1.54) is 10.7 Å². The predicted molar refractivity (Wildman–Crippen MR) is 95.7 cm³/mol. The lowest BCUT2D eigenvalue weighted by Gasteiger charge is -2.06. The van der Waals surface area contributed by atoms with E-state index in [4.69, 9.17) is 9.84 Å². The molecule has 0 bridgehead atoms. The molecule has 0 aliphatic carbocycles. The minimum Gasteiger partial charge on any atom is -0.497 e. The molecule has 0 saturated carbocycles. The van der Waals surface area contributed by atoms with E-state index in [9.17, 15) is 4.79 Å². The Balaban J connectivity index is 2.04. The van der Waals surface area contributed by atoms with E-state index < -0.39 is 0 Å². The van der Waals surface area contributed by atoms with Crippen molar-refractivity contribution in [2.24, 2.45) is 7.05 Å². The monoisotopic (exact) mass is 332 g/mol. The van der Waals surface area contributed by atoms with Gasteiger partial charge in [0, 0.05) is 24.9 Å². The third-order valence-corrected chi connectivity index (χ3v) is 4.10. The fraction of sp³-hybridized carbons (Fsp3) is 0.105. The number of methoxy groups -OCH3 is 1. The summed E-state index contributed by atoms with van der Waals surface area (Å²) in [6.07, 6.45) is 1.89.